The van der Waals surface area contributed by atoms with Gasteiger partial charge in [0.05, 0.1) is 19.0 Å². The SMILES string of the molecule is COc1c(C(=O)O)cnn1-c1cccc(C2=CCCC(C)=C2OCc2ccc3c(c2F)CCNC3)n1. The van der Waals surface area contributed by atoms with Gasteiger partial charge in [0, 0.05) is 17.7 Å². The van der Waals surface area contributed by atoms with Gasteiger partial charge in [-0.1, -0.05) is 24.3 Å². The van der Waals surface area contributed by atoms with Crippen molar-refractivity contribution >= 4 is 11.5 Å². The van der Waals surface area contributed by atoms with Gasteiger partial charge in [-0.2, -0.15) is 9.78 Å². The normalized spacial score (nSPS) is 15.4. The Kier molecular flexibility index (Phi) is 6.56. The number of aromatic carboxylic acids is 1. The highest BCUT2D eigenvalue weighted by molar-refractivity contribution is 5.90. The van der Waals surface area contributed by atoms with Crippen LogP contribution in [-0.2, 0) is 24.3 Å². The molecule has 0 spiro atoms. The van der Waals surface area contributed by atoms with Gasteiger partial charge in [0.2, 0.25) is 5.88 Å². The second-order valence-electron chi connectivity index (χ2n) is 8.82. The van der Waals surface area contributed by atoms with Crippen LogP contribution in [-0.4, -0.2) is 39.5 Å². The number of methoxy groups -OCH3 is 1. The van der Waals surface area contributed by atoms with Crippen molar-refractivity contribution in [2.45, 2.75) is 39.3 Å². The molecule has 2 N–H and O–H groups in total. The molecule has 5 rings (SSSR count). The van der Waals surface area contributed by atoms with Crippen LogP contribution in [0.5, 0.6) is 5.88 Å². The second kappa shape index (κ2) is 9.94. The van der Waals surface area contributed by atoms with Gasteiger partial charge in [0.1, 0.15) is 23.7 Å². The minimum absolute atomic E-state index is 0.0517. The number of aromatic nitrogens is 3. The molecule has 3 heterocycles. The molecule has 9 heteroatoms. The van der Waals surface area contributed by atoms with Gasteiger partial charge in [-0.25, -0.2) is 14.2 Å². The van der Waals surface area contributed by atoms with Crippen LogP contribution < -0.4 is 10.1 Å². The Balaban J connectivity index is 1.43. The number of pyridine rings is 1. The standard InChI is InChI=1S/C27H27FN4O4/c1-16-5-3-6-20(25(16)36-15-18-10-9-17-13-29-12-11-19(17)24(18)28)22-7-4-8-23(31-22)32-26(35-2)21(14-30-32)27(33)34/h4,6-10,14,29H,3,5,11-13,15H2,1-2H3,(H,33,34). The van der Waals surface area contributed by atoms with E-state index in [2.05, 4.69) is 16.5 Å². The number of benzene rings is 1. The van der Waals surface area contributed by atoms with Crippen molar-refractivity contribution in [3.05, 3.63) is 87.7 Å². The van der Waals surface area contributed by atoms with Crippen molar-refractivity contribution in [1.29, 1.82) is 0 Å². The molecule has 186 valence electrons. The number of carboxylic acid groups (broad SMARTS) is 1. The number of hydrogen-bond acceptors (Lipinski definition) is 6. The van der Waals surface area contributed by atoms with Gasteiger partial charge in [0.25, 0.3) is 0 Å². The first kappa shape index (κ1) is 23.7. The average molecular weight is 491 g/mol. The number of allylic oxidation sites excluding steroid dienone is 3. The Bertz CT molecular complexity index is 1390. The highest BCUT2D eigenvalue weighted by Gasteiger charge is 2.23. The van der Waals surface area contributed by atoms with Crippen LogP contribution >= 0.6 is 0 Å². The van der Waals surface area contributed by atoms with Crippen LogP contribution in [0.3, 0.4) is 0 Å². The number of halogens is 1. The van der Waals surface area contributed by atoms with E-state index in [-0.39, 0.29) is 23.9 Å². The summed E-state index contributed by atoms with van der Waals surface area (Å²) in [6.07, 6.45) is 5.63. The zero-order chi connectivity index (χ0) is 25.2. The topological polar surface area (TPSA) is 98.5 Å². The molecule has 8 nitrogen and oxygen atoms in total. The molecular weight excluding hydrogens is 463 g/mol. The number of fused-ring (bicyclic) bond motifs is 1. The van der Waals surface area contributed by atoms with E-state index in [0.717, 1.165) is 41.7 Å². The average Bonchev–Trinajstić information content (AvgIpc) is 3.34. The third-order valence-electron chi connectivity index (χ3n) is 6.54. The van der Waals surface area contributed by atoms with E-state index in [4.69, 9.17) is 14.5 Å². The van der Waals surface area contributed by atoms with Gasteiger partial charge in [-0.05, 0) is 61.6 Å². The number of rotatable bonds is 7. The summed E-state index contributed by atoms with van der Waals surface area (Å²) in [5.74, 6) is -0.137. The van der Waals surface area contributed by atoms with Crippen molar-refractivity contribution in [2.24, 2.45) is 0 Å². The van der Waals surface area contributed by atoms with Gasteiger partial charge in [-0.3, -0.25) is 0 Å². The number of hydrogen-bond donors (Lipinski definition) is 2. The minimum atomic E-state index is -1.14. The lowest BCUT2D eigenvalue weighted by atomic mass is 9.95. The van der Waals surface area contributed by atoms with E-state index in [9.17, 15) is 9.90 Å². The molecule has 0 saturated heterocycles. The molecule has 0 bridgehead atoms. The van der Waals surface area contributed by atoms with E-state index in [1.165, 1.54) is 18.0 Å². The number of ether oxygens (including phenoxy) is 2. The van der Waals surface area contributed by atoms with E-state index in [1.54, 1.807) is 12.1 Å². The first-order valence-electron chi connectivity index (χ1n) is 11.8. The summed E-state index contributed by atoms with van der Waals surface area (Å²) in [5, 5.41) is 16.8. The summed E-state index contributed by atoms with van der Waals surface area (Å²) in [5.41, 5.74) is 4.77. The molecule has 2 aliphatic rings. The molecule has 1 aliphatic carbocycles. The lowest BCUT2D eigenvalue weighted by Crippen LogP contribution is -2.25. The van der Waals surface area contributed by atoms with Crippen molar-refractivity contribution in [1.82, 2.24) is 20.1 Å². The monoisotopic (exact) mass is 490 g/mol. The van der Waals surface area contributed by atoms with Gasteiger partial charge >= 0.3 is 5.97 Å². The Hall–Kier alpha value is -3.98. The van der Waals surface area contributed by atoms with Crippen molar-refractivity contribution < 1.29 is 23.8 Å². The van der Waals surface area contributed by atoms with Crippen molar-refractivity contribution in [3.8, 4) is 11.7 Å². The first-order valence-corrected chi connectivity index (χ1v) is 11.8. The van der Waals surface area contributed by atoms with Crippen molar-refractivity contribution in [2.75, 3.05) is 13.7 Å². The number of nitrogens with one attached hydrogen (secondary N) is 1. The Morgan fingerprint density at radius 1 is 1.25 bits per heavy atom. The zero-order valence-corrected chi connectivity index (χ0v) is 20.2. The van der Waals surface area contributed by atoms with Crippen LogP contribution in [0.25, 0.3) is 11.4 Å². The quantitative estimate of drug-likeness (QED) is 0.506. The van der Waals surface area contributed by atoms with Crippen LogP contribution in [0.2, 0.25) is 0 Å². The van der Waals surface area contributed by atoms with Crippen LogP contribution in [0.1, 0.15) is 52.5 Å². The van der Waals surface area contributed by atoms with Gasteiger partial charge in [0.15, 0.2) is 5.82 Å². The maximum atomic E-state index is 15.2. The molecule has 3 aromatic rings. The number of carbonyl (C=O) groups is 1. The Labute approximate surface area is 208 Å². The molecule has 1 aromatic carbocycles. The number of carboxylic acids is 1. The lowest BCUT2D eigenvalue weighted by Gasteiger charge is -2.22. The summed E-state index contributed by atoms with van der Waals surface area (Å²) in [7, 11) is 1.39. The van der Waals surface area contributed by atoms with Crippen LogP contribution in [0.4, 0.5) is 4.39 Å². The molecule has 0 atom stereocenters. The summed E-state index contributed by atoms with van der Waals surface area (Å²) in [4.78, 5) is 16.2. The Morgan fingerprint density at radius 3 is 2.92 bits per heavy atom. The van der Waals surface area contributed by atoms with E-state index in [1.807, 2.05) is 25.1 Å². The first-order chi connectivity index (χ1) is 17.5. The molecule has 1 aliphatic heterocycles. The molecule has 0 fully saturated rings. The molecule has 36 heavy (non-hydrogen) atoms. The number of nitrogens with zero attached hydrogens (tertiary/aromatic N) is 3. The highest BCUT2D eigenvalue weighted by atomic mass is 19.1. The smallest absolute Gasteiger partial charge is 0.342 e. The molecule has 0 radical (unpaired) electrons. The van der Waals surface area contributed by atoms with E-state index in [0.29, 0.717) is 35.8 Å². The van der Waals surface area contributed by atoms with Gasteiger partial charge < -0.3 is 19.9 Å². The fraction of sp³-hybridized carbons (Fsp3) is 0.296. The molecule has 0 unspecified atom stereocenters. The van der Waals surface area contributed by atoms with Crippen LogP contribution in [0.15, 0.2) is 53.9 Å². The lowest BCUT2D eigenvalue weighted by molar-refractivity contribution is 0.0693. The summed E-state index contributed by atoms with van der Waals surface area (Å²) < 4.78 is 28.1. The summed E-state index contributed by atoms with van der Waals surface area (Å²) in [6, 6.07) is 9.17. The predicted octanol–water partition coefficient (Wildman–Crippen LogP) is 4.43. The van der Waals surface area contributed by atoms with Crippen LogP contribution in [0, 0.1) is 5.82 Å². The maximum Gasteiger partial charge on any atom is 0.342 e. The zero-order valence-electron chi connectivity index (χ0n) is 20.2. The fourth-order valence-electron chi connectivity index (χ4n) is 4.67. The van der Waals surface area contributed by atoms with Crippen molar-refractivity contribution in [3.63, 3.8) is 0 Å². The third-order valence-corrected chi connectivity index (χ3v) is 6.54. The van der Waals surface area contributed by atoms with E-state index < -0.39 is 5.97 Å². The fourth-order valence-corrected chi connectivity index (χ4v) is 4.67. The highest BCUT2D eigenvalue weighted by Crippen LogP contribution is 2.34. The molecule has 0 saturated carbocycles. The molecule has 2 aromatic heterocycles. The largest absolute Gasteiger partial charge is 0.488 e. The van der Waals surface area contributed by atoms with Gasteiger partial charge in [-0.15, -0.1) is 0 Å². The Morgan fingerprint density at radius 2 is 2.11 bits per heavy atom. The summed E-state index contributed by atoms with van der Waals surface area (Å²) in [6.45, 7) is 3.58. The van der Waals surface area contributed by atoms with E-state index >= 15 is 4.39 Å². The second-order valence-corrected chi connectivity index (χ2v) is 8.82. The minimum Gasteiger partial charge on any atom is -0.488 e. The molecular formula is C27H27FN4O4. The molecule has 0 amide bonds. The summed E-state index contributed by atoms with van der Waals surface area (Å²) >= 11 is 0. The maximum absolute atomic E-state index is 15.2. The predicted molar refractivity (Wildman–Crippen MR) is 131 cm³/mol. The third kappa shape index (κ3) is 4.37.